The van der Waals surface area contributed by atoms with Gasteiger partial charge >= 0.3 is 5.97 Å². The topological polar surface area (TPSA) is 104 Å². The second kappa shape index (κ2) is 4.41. The third-order valence-corrected chi connectivity index (χ3v) is 3.80. The van der Waals surface area contributed by atoms with E-state index in [2.05, 4.69) is 5.32 Å². The molecule has 1 aliphatic carbocycles. The summed E-state index contributed by atoms with van der Waals surface area (Å²) in [5.74, 6) is -3.31. The summed E-state index contributed by atoms with van der Waals surface area (Å²) in [6.07, 6.45) is 0.326. The minimum absolute atomic E-state index is 0.242. The zero-order chi connectivity index (χ0) is 15.3. The van der Waals surface area contributed by atoms with Crippen LogP contribution in [0.5, 0.6) is 0 Å². The van der Waals surface area contributed by atoms with Crippen LogP contribution in [-0.2, 0) is 9.59 Å². The van der Waals surface area contributed by atoms with Crippen molar-refractivity contribution in [1.82, 2.24) is 4.90 Å². The van der Waals surface area contributed by atoms with Crippen molar-refractivity contribution in [3.8, 4) is 0 Å². The van der Waals surface area contributed by atoms with Crippen molar-refractivity contribution in [3.63, 3.8) is 0 Å². The van der Waals surface area contributed by atoms with Crippen molar-refractivity contribution < 1.29 is 24.3 Å². The fraction of sp³-hybridized carbons (Fsp3) is 0.286. The predicted molar refractivity (Wildman–Crippen MR) is 70.7 cm³/mol. The highest BCUT2D eigenvalue weighted by molar-refractivity contribution is 6.21. The van der Waals surface area contributed by atoms with Crippen LogP contribution in [-0.4, -0.2) is 40.7 Å². The van der Waals surface area contributed by atoms with Gasteiger partial charge in [-0.25, -0.2) is 0 Å². The van der Waals surface area contributed by atoms with E-state index < -0.39 is 23.7 Å². The summed E-state index contributed by atoms with van der Waals surface area (Å²) in [6, 6.07) is 4.45. The van der Waals surface area contributed by atoms with E-state index >= 15 is 0 Å². The average molecular weight is 288 g/mol. The monoisotopic (exact) mass is 288 g/mol. The number of fused-ring (bicyclic) bond motifs is 1. The highest BCUT2D eigenvalue weighted by atomic mass is 16.4. The van der Waals surface area contributed by atoms with E-state index in [-0.39, 0.29) is 17.4 Å². The molecule has 2 unspecified atom stereocenters. The molecule has 0 saturated heterocycles. The summed E-state index contributed by atoms with van der Waals surface area (Å²) >= 11 is 0. The Morgan fingerprint density at radius 2 is 1.86 bits per heavy atom. The Kier molecular flexibility index (Phi) is 2.79. The Morgan fingerprint density at radius 1 is 1.19 bits per heavy atom. The molecule has 2 N–H and O–H groups in total. The SMILES string of the molecule is CN1C(=O)c2ccc(NC(=O)C3CC3C(=O)O)cc2C1=O. The number of nitrogens with zero attached hydrogens (tertiary/aromatic N) is 1. The van der Waals surface area contributed by atoms with E-state index in [1.54, 1.807) is 0 Å². The molecule has 1 heterocycles. The van der Waals surface area contributed by atoms with Gasteiger partial charge < -0.3 is 10.4 Å². The first-order valence-electron chi connectivity index (χ1n) is 6.40. The number of amides is 3. The Labute approximate surface area is 119 Å². The van der Waals surface area contributed by atoms with Crippen LogP contribution in [0.1, 0.15) is 27.1 Å². The number of benzene rings is 1. The predicted octanol–water partition coefficient (Wildman–Crippen LogP) is 0.572. The summed E-state index contributed by atoms with van der Waals surface area (Å²) < 4.78 is 0. The van der Waals surface area contributed by atoms with Gasteiger partial charge in [-0.05, 0) is 24.6 Å². The average Bonchev–Trinajstić information content (AvgIpc) is 3.22. The number of carboxylic acid groups (broad SMARTS) is 1. The number of carbonyl (C=O) groups is 4. The van der Waals surface area contributed by atoms with Crippen LogP contribution >= 0.6 is 0 Å². The van der Waals surface area contributed by atoms with E-state index in [1.807, 2.05) is 0 Å². The van der Waals surface area contributed by atoms with E-state index in [0.717, 1.165) is 4.90 Å². The number of carboxylic acids is 1. The van der Waals surface area contributed by atoms with Gasteiger partial charge in [0, 0.05) is 12.7 Å². The maximum Gasteiger partial charge on any atom is 0.307 e. The lowest BCUT2D eigenvalue weighted by Crippen LogP contribution is -2.24. The van der Waals surface area contributed by atoms with Crippen LogP contribution in [0.25, 0.3) is 0 Å². The molecule has 0 bridgehead atoms. The molecule has 2 aliphatic rings. The van der Waals surface area contributed by atoms with E-state index in [9.17, 15) is 19.2 Å². The third kappa shape index (κ3) is 2.06. The van der Waals surface area contributed by atoms with Crippen molar-refractivity contribution >= 4 is 29.4 Å². The minimum Gasteiger partial charge on any atom is -0.481 e. The van der Waals surface area contributed by atoms with Crippen LogP contribution in [0.3, 0.4) is 0 Å². The summed E-state index contributed by atoms with van der Waals surface area (Å²) in [7, 11) is 1.39. The zero-order valence-corrected chi connectivity index (χ0v) is 11.1. The van der Waals surface area contributed by atoms with E-state index in [0.29, 0.717) is 17.7 Å². The number of anilines is 1. The molecule has 2 atom stereocenters. The maximum atomic E-state index is 11.9. The van der Waals surface area contributed by atoms with Crippen LogP contribution in [0.4, 0.5) is 5.69 Å². The Morgan fingerprint density at radius 3 is 2.48 bits per heavy atom. The van der Waals surface area contributed by atoms with Gasteiger partial charge in [0.2, 0.25) is 5.91 Å². The van der Waals surface area contributed by atoms with Crippen LogP contribution in [0.15, 0.2) is 18.2 Å². The Balaban J connectivity index is 1.77. The molecule has 1 saturated carbocycles. The molecule has 0 aromatic heterocycles. The second-order valence-corrected chi connectivity index (χ2v) is 5.21. The standard InChI is InChI=1S/C14H12N2O5/c1-16-12(18)7-3-2-6(4-9(7)13(16)19)15-11(17)8-5-10(8)14(20)21/h2-4,8,10H,5H2,1H3,(H,15,17)(H,20,21). The number of carbonyl (C=O) groups excluding carboxylic acids is 3. The fourth-order valence-electron chi connectivity index (χ4n) is 2.43. The van der Waals surface area contributed by atoms with Gasteiger partial charge in [0.25, 0.3) is 11.8 Å². The fourth-order valence-corrected chi connectivity index (χ4v) is 2.43. The summed E-state index contributed by atoms with van der Waals surface area (Å²) in [4.78, 5) is 47.2. The molecule has 3 amide bonds. The number of aliphatic carboxylic acids is 1. The number of hydrogen-bond acceptors (Lipinski definition) is 4. The van der Waals surface area contributed by atoms with E-state index in [4.69, 9.17) is 5.11 Å². The molecule has 7 heteroatoms. The normalized spacial score (nSPS) is 23.0. The molecule has 0 radical (unpaired) electrons. The van der Waals surface area contributed by atoms with Gasteiger partial charge in [-0.15, -0.1) is 0 Å². The lowest BCUT2D eigenvalue weighted by Gasteiger charge is -2.05. The van der Waals surface area contributed by atoms with Crippen molar-refractivity contribution in [2.75, 3.05) is 12.4 Å². The van der Waals surface area contributed by atoms with Crippen molar-refractivity contribution in [2.24, 2.45) is 11.8 Å². The summed E-state index contributed by atoms with van der Waals surface area (Å²) in [5, 5.41) is 11.4. The molecular formula is C14H12N2O5. The third-order valence-electron chi connectivity index (χ3n) is 3.80. The highest BCUT2D eigenvalue weighted by Crippen LogP contribution is 2.39. The van der Waals surface area contributed by atoms with Crippen molar-refractivity contribution in [2.45, 2.75) is 6.42 Å². The van der Waals surface area contributed by atoms with Gasteiger partial charge in [0.05, 0.1) is 23.0 Å². The zero-order valence-electron chi connectivity index (χ0n) is 11.1. The first-order valence-corrected chi connectivity index (χ1v) is 6.40. The van der Waals surface area contributed by atoms with Crippen molar-refractivity contribution in [3.05, 3.63) is 29.3 Å². The lowest BCUT2D eigenvalue weighted by atomic mass is 10.1. The molecule has 1 aliphatic heterocycles. The lowest BCUT2D eigenvalue weighted by molar-refractivity contribution is -0.139. The molecule has 108 valence electrons. The largest absolute Gasteiger partial charge is 0.481 e. The Bertz CT molecular complexity index is 697. The second-order valence-electron chi connectivity index (χ2n) is 5.21. The smallest absolute Gasteiger partial charge is 0.307 e. The number of rotatable bonds is 3. The van der Waals surface area contributed by atoms with Gasteiger partial charge in [0.15, 0.2) is 0 Å². The van der Waals surface area contributed by atoms with Crippen LogP contribution in [0.2, 0.25) is 0 Å². The van der Waals surface area contributed by atoms with Crippen molar-refractivity contribution in [1.29, 1.82) is 0 Å². The van der Waals surface area contributed by atoms with Gasteiger partial charge in [-0.2, -0.15) is 0 Å². The van der Waals surface area contributed by atoms with Gasteiger partial charge in [-0.1, -0.05) is 0 Å². The molecule has 7 nitrogen and oxygen atoms in total. The van der Waals surface area contributed by atoms with E-state index in [1.165, 1.54) is 25.2 Å². The summed E-state index contributed by atoms with van der Waals surface area (Å²) in [5.41, 5.74) is 0.924. The molecule has 1 aromatic rings. The first-order chi connectivity index (χ1) is 9.90. The quantitative estimate of drug-likeness (QED) is 0.791. The van der Waals surface area contributed by atoms with Gasteiger partial charge in [0.1, 0.15) is 0 Å². The first kappa shape index (κ1) is 13.3. The highest BCUT2D eigenvalue weighted by Gasteiger charge is 2.48. The summed E-state index contributed by atoms with van der Waals surface area (Å²) in [6.45, 7) is 0. The number of hydrogen-bond donors (Lipinski definition) is 2. The minimum atomic E-state index is -0.980. The Hall–Kier alpha value is -2.70. The molecule has 1 fully saturated rings. The van der Waals surface area contributed by atoms with Crippen LogP contribution in [0, 0.1) is 11.8 Å². The van der Waals surface area contributed by atoms with Gasteiger partial charge in [-0.3, -0.25) is 24.1 Å². The number of imide groups is 1. The molecular weight excluding hydrogens is 276 g/mol. The molecule has 1 aromatic carbocycles. The van der Waals surface area contributed by atoms with Crippen LogP contribution < -0.4 is 5.32 Å². The molecule has 0 spiro atoms. The molecule has 3 rings (SSSR count). The number of nitrogens with one attached hydrogen (secondary N) is 1. The maximum absolute atomic E-state index is 11.9. The molecule has 21 heavy (non-hydrogen) atoms.